The molecule has 2 aromatic carbocycles. The van der Waals surface area contributed by atoms with Crippen molar-refractivity contribution in [3.8, 4) is 29.1 Å². The molecule has 42 heavy (non-hydrogen) atoms. The van der Waals surface area contributed by atoms with Gasteiger partial charge < -0.3 is 33.2 Å². The first-order valence-electron chi connectivity index (χ1n) is 14.9. The largest absolute Gasteiger partial charge is 0.492 e. The number of unbranched alkanes of at least 4 members (excludes halogenated alkanes) is 4. The molecule has 8 heteroatoms. The smallest absolute Gasteiger partial charge is 0.191 e. The lowest BCUT2D eigenvalue weighted by Gasteiger charge is -2.46. The maximum absolute atomic E-state index is 12.4. The van der Waals surface area contributed by atoms with E-state index in [0.29, 0.717) is 29.2 Å². The molecule has 0 saturated carbocycles. The zero-order valence-corrected chi connectivity index (χ0v) is 27.8. The molecule has 7 nitrogen and oxygen atoms in total. The Hall–Kier alpha value is -2.54. The summed E-state index contributed by atoms with van der Waals surface area (Å²) in [5.74, 6) is 8.44. The lowest BCUT2D eigenvalue weighted by Crippen LogP contribution is -2.53. The van der Waals surface area contributed by atoms with E-state index in [2.05, 4.69) is 45.7 Å². The van der Waals surface area contributed by atoms with Gasteiger partial charge in [-0.25, -0.2) is 0 Å². The van der Waals surface area contributed by atoms with Gasteiger partial charge in [0.05, 0.1) is 5.41 Å². The molecule has 1 heterocycles. The number of fused-ring (bicyclic) bond motifs is 1. The van der Waals surface area contributed by atoms with E-state index >= 15 is 0 Å². The van der Waals surface area contributed by atoms with Gasteiger partial charge in [0.2, 0.25) is 0 Å². The van der Waals surface area contributed by atoms with Gasteiger partial charge >= 0.3 is 0 Å². The van der Waals surface area contributed by atoms with Crippen molar-refractivity contribution >= 4 is 8.32 Å². The van der Waals surface area contributed by atoms with Crippen LogP contribution in [0.3, 0.4) is 0 Å². The maximum Gasteiger partial charge on any atom is 0.191 e. The third kappa shape index (κ3) is 8.09. The van der Waals surface area contributed by atoms with E-state index in [1.807, 2.05) is 43.3 Å². The van der Waals surface area contributed by atoms with Crippen LogP contribution in [0.25, 0.3) is 0 Å². The van der Waals surface area contributed by atoms with Crippen LogP contribution in [0.5, 0.6) is 17.2 Å². The lowest BCUT2D eigenvalue weighted by molar-refractivity contribution is -0.0274. The second kappa shape index (κ2) is 14.8. The van der Waals surface area contributed by atoms with Crippen molar-refractivity contribution in [1.29, 1.82) is 0 Å². The number of hydrogen-bond donors (Lipinski definition) is 1. The van der Waals surface area contributed by atoms with Crippen molar-refractivity contribution in [3.63, 3.8) is 0 Å². The van der Waals surface area contributed by atoms with Crippen molar-refractivity contribution in [2.75, 3.05) is 41.0 Å². The molecule has 2 aromatic rings. The molecule has 1 aliphatic heterocycles. The molecule has 0 aromatic heterocycles. The van der Waals surface area contributed by atoms with Gasteiger partial charge in [0.15, 0.2) is 27.5 Å². The number of methoxy groups -OCH3 is 2. The highest BCUT2D eigenvalue weighted by Gasteiger charge is 2.53. The van der Waals surface area contributed by atoms with Crippen LogP contribution in [0.4, 0.5) is 0 Å². The Morgan fingerprint density at radius 3 is 2.17 bits per heavy atom. The highest BCUT2D eigenvalue weighted by atomic mass is 28.4. The van der Waals surface area contributed by atoms with Crippen molar-refractivity contribution in [2.45, 2.75) is 88.9 Å². The van der Waals surface area contributed by atoms with E-state index < -0.39 is 19.3 Å². The summed E-state index contributed by atoms with van der Waals surface area (Å²) in [6.45, 7) is 14.8. The molecular weight excluding hydrogens is 548 g/mol. The highest BCUT2D eigenvalue weighted by molar-refractivity contribution is 6.74. The van der Waals surface area contributed by atoms with E-state index in [9.17, 15) is 5.11 Å². The third-order valence-electron chi connectivity index (χ3n) is 8.57. The van der Waals surface area contributed by atoms with E-state index in [0.717, 1.165) is 37.9 Å². The summed E-state index contributed by atoms with van der Waals surface area (Å²) in [5, 5.41) is 12.6. The standard InChI is InChI=1S/C34H50O7Si/c1-32(2,3)42(7,8)41-22-14-12-10-9-11-13-21-34(35)30-20-19-29(40-26-37-6)23-31(30)38-24-33(34,4)27-15-17-28(18-16-27)39-25-36-5/h15-20,23,35H,9-12,14,22,24-26H2,1-8H3. The average molecular weight is 599 g/mol. The molecule has 0 bridgehead atoms. The molecule has 232 valence electrons. The summed E-state index contributed by atoms with van der Waals surface area (Å²) in [6, 6.07) is 13.1. The van der Waals surface area contributed by atoms with Crippen LogP contribution in [-0.4, -0.2) is 54.4 Å². The number of hydrogen-bond acceptors (Lipinski definition) is 7. The van der Waals surface area contributed by atoms with Crippen molar-refractivity contribution < 1.29 is 33.2 Å². The van der Waals surface area contributed by atoms with Crippen LogP contribution < -0.4 is 14.2 Å². The Labute approximate surface area is 253 Å². The fraction of sp³-hybridized carbons (Fsp3) is 0.588. The zero-order valence-electron chi connectivity index (χ0n) is 26.8. The quantitative estimate of drug-likeness (QED) is 0.107. The predicted molar refractivity (Wildman–Crippen MR) is 169 cm³/mol. The van der Waals surface area contributed by atoms with E-state index in [1.165, 1.54) is 0 Å². The van der Waals surface area contributed by atoms with Gasteiger partial charge in [0.1, 0.15) is 23.9 Å². The molecular formula is C34H50O7Si. The molecule has 0 fully saturated rings. The summed E-state index contributed by atoms with van der Waals surface area (Å²) in [5.41, 5.74) is -0.790. The van der Waals surface area contributed by atoms with E-state index in [-0.39, 0.29) is 25.2 Å². The Balaban J connectivity index is 1.74. The van der Waals surface area contributed by atoms with E-state index in [1.54, 1.807) is 20.3 Å². The summed E-state index contributed by atoms with van der Waals surface area (Å²) >= 11 is 0. The van der Waals surface area contributed by atoms with Crippen LogP contribution in [-0.2, 0) is 24.9 Å². The van der Waals surface area contributed by atoms with Gasteiger partial charge in [-0.1, -0.05) is 57.6 Å². The monoisotopic (exact) mass is 598 g/mol. The second-order valence-corrected chi connectivity index (χ2v) is 17.5. The summed E-state index contributed by atoms with van der Waals surface area (Å²) in [6.07, 6.45) is 4.92. The maximum atomic E-state index is 12.4. The van der Waals surface area contributed by atoms with Gasteiger partial charge in [-0.05, 0) is 67.7 Å². The Bertz CT molecular complexity index is 1200. The molecule has 0 aliphatic carbocycles. The molecule has 2 atom stereocenters. The van der Waals surface area contributed by atoms with Crippen molar-refractivity contribution in [1.82, 2.24) is 0 Å². The topological polar surface area (TPSA) is 75.6 Å². The molecule has 0 radical (unpaired) electrons. The Kier molecular flexibility index (Phi) is 11.9. The van der Waals surface area contributed by atoms with Gasteiger partial charge in [-0.15, -0.1) is 0 Å². The van der Waals surface area contributed by atoms with Crippen LogP contribution in [0, 0.1) is 11.8 Å². The minimum atomic E-state index is -1.69. The van der Waals surface area contributed by atoms with Crippen LogP contribution in [0.2, 0.25) is 18.1 Å². The summed E-state index contributed by atoms with van der Waals surface area (Å²) in [7, 11) is 1.47. The zero-order chi connectivity index (χ0) is 30.9. The van der Waals surface area contributed by atoms with Gasteiger partial charge in [0, 0.05) is 38.9 Å². The number of benzene rings is 2. The molecule has 0 saturated heterocycles. The highest BCUT2D eigenvalue weighted by Crippen LogP contribution is 2.50. The first-order chi connectivity index (χ1) is 19.9. The SMILES string of the molecule is COCOc1ccc(C2(C)COc3cc(OCOC)ccc3C2(O)C#CCCCCCCO[Si](C)(C)C(C)(C)C)cc1. The Morgan fingerprint density at radius 1 is 0.905 bits per heavy atom. The number of ether oxygens (including phenoxy) is 5. The van der Waals surface area contributed by atoms with E-state index in [4.69, 9.17) is 28.1 Å². The minimum Gasteiger partial charge on any atom is -0.492 e. The molecule has 3 rings (SSSR count). The third-order valence-corrected chi connectivity index (χ3v) is 13.1. The Morgan fingerprint density at radius 2 is 1.52 bits per heavy atom. The average Bonchev–Trinajstić information content (AvgIpc) is 2.95. The first kappa shape index (κ1) is 34.0. The fourth-order valence-electron chi connectivity index (χ4n) is 4.71. The van der Waals surface area contributed by atoms with Crippen LogP contribution >= 0.6 is 0 Å². The lowest BCUT2D eigenvalue weighted by atomic mass is 9.64. The predicted octanol–water partition coefficient (Wildman–Crippen LogP) is 7.17. The number of rotatable bonds is 14. The second-order valence-electron chi connectivity index (χ2n) is 12.7. The summed E-state index contributed by atoms with van der Waals surface area (Å²) < 4.78 is 33.8. The normalized spacial score (nSPS) is 20.2. The molecule has 1 N–H and O–H groups in total. The molecule has 0 amide bonds. The van der Waals surface area contributed by atoms with Gasteiger partial charge in [-0.3, -0.25) is 0 Å². The van der Waals surface area contributed by atoms with Crippen molar-refractivity contribution in [2.24, 2.45) is 0 Å². The van der Waals surface area contributed by atoms with Gasteiger partial charge in [0.25, 0.3) is 0 Å². The molecule has 2 unspecified atom stereocenters. The summed E-state index contributed by atoms with van der Waals surface area (Å²) in [4.78, 5) is 0. The molecule has 1 aliphatic rings. The van der Waals surface area contributed by atoms with Crippen molar-refractivity contribution in [3.05, 3.63) is 53.6 Å². The minimum absolute atomic E-state index is 0.125. The van der Waals surface area contributed by atoms with Gasteiger partial charge in [-0.2, -0.15) is 0 Å². The van der Waals surface area contributed by atoms with Crippen LogP contribution in [0.1, 0.15) is 70.9 Å². The molecule has 0 spiro atoms. The fourth-order valence-corrected chi connectivity index (χ4v) is 5.80. The van der Waals surface area contributed by atoms with Crippen LogP contribution in [0.15, 0.2) is 42.5 Å². The first-order valence-corrected chi connectivity index (χ1v) is 17.8. The number of aliphatic hydroxyl groups is 1.